The van der Waals surface area contributed by atoms with Crippen molar-refractivity contribution in [1.82, 2.24) is 0 Å². The fourth-order valence-corrected chi connectivity index (χ4v) is 1.40. The summed E-state index contributed by atoms with van der Waals surface area (Å²) < 4.78 is 0. The van der Waals surface area contributed by atoms with E-state index >= 15 is 0 Å². The number of nitrogens with zero attached hydrogens (tertiary/aromatic N) is 2. The maximum atomic E-state index is 9.66. The van der Waals surface area contributed by atoms with E-state index < -0.39 is 0 Å². The Morgan fingerprint density at radius 1 is 1.10 bits per heavy atom. The van der Waals surface area contributed by atoms with Gasteiger partial charge in [-0.1, -0.05) is 30.3 Å². The molecule has 0 aliphatic carbocycles. The minimum atomic E-state index is -0.144. The Balaban J connectivity index is 0.000000956. The minimum absolute atomic E-state index is 0.144. The first kappa shape index (κ1) is 16.2. The average Bonchev–Trinajstić information content (AvgIpc) is 2.52. The van der Waals surface area contributed by atoms with Crippen molar-refractivity contribution in [3.05, 3.63) is 71.1 Å². The Morgan fingerprint density at radius 2 is 1.70 bits per heavy atom. The maximum absolute atomic E-state index is 9.66. The molecule has 3 N–H and O–H groups in total. The zero-order valence-corrected chi connectivity index (χ0v) is 12.1. The van der Waals surface area contributed by atoms with E-state index in [0.29, 0.717) is 16.9 Å². The molecule has 0 aromatic heterocycles. The Hall–Kier alpha value is -1.82. The zero-order valence-electron chi connectivity index (χ0n) is 10.3. The van der Waals surface area contributed by atoms with E-state index in [1.165, 1.54) is 6.21 Å². The first-order valence-corrected chi connectivity index (χ1v) is 6.99. The number of halogens is 1. The summed E-state index contributed by atoms with van der Waals surface area (Å²) in [6.07, 6.45) is 1.45. The van der Waals surface area contributed by atoms with Crippen molar-refractivity contribution in [3.8, 4) is 5.75 Å². The van der Waals surface area contributed by atoms with E-state index in [1.807, 2.05) is 24.3 Å². The first-order valence-electron chi connectivity index (χ1n) is 5.56. The van der Waals surface area contributed by atoms with E-state index in [9.17, 15) is 4.79 Å². The van der Waals surface area contributed by atoms with E-state index in [0.717, 1.165) is 0 Å². The van der Waals surface area contributed by atoms with Crippen LogP contribution in [0.15, 0.2) is 59.7 Å². The van der Waals surface area contributed by atoms with Crippen LogP contribution in [0.2, 0.25) is 0 Å². The number of hydrogen-bond donors (Lipinski definition) is 0. The second kappa shape index (κ2) is 9.14. The van der Waals surface area contributed by atoms with Gasteiger partial charge in [-0.25, -0.2) is 0 Å². The van der Waals surface area contributed by atoms with Crippen molar-refractivity contribution in [2.75, 3.05) is 0 Å². The van der Waals surface area contributed by atoms with Crippen molar-refractivity contribution >= 4 is 22.3 Å². The third-order valence-electron chi connectivity index (χ3n) is 2.34. The fourth-order valence-electron chi connectivity index (χ4n) is 1.40. The van der Waals surface area contributed by atoms with Crippen LogP contribution in [0.5, 0.6) is 5.75 Å². The molecule has 2 aromatic rings. The Kier molecular flexibility index (Phi) is 7.42. The van der Waals surface area contributed by atoms with E-state index in [1.54, 1.807) is 30.3 Å². The molecule has 2 rings (SSSR count). The molecule has 0 aliphatic rings. The summed E-state index contributed by atoms with van der Waals surface area (Å²) in [7, 11) is 4.33. The van der Waals surface area contributed by atoms with Crippen LogP contribution in [0.25, 0.3) is 5.43 Å². The normalized spacial score (nSPS) is 9.70. The van der Waals surface area contributed by atoms with Crippen molar-refractivity contribution in [3.63, 3.8) is 0 Å². The molecule has 0 fully saturated rings. The monoisotopic (exact) mass is 335 g/mol. The molecule has 0 saturated carbocycles. The fraction of sp³-hybridized carbons (Fsp3) is 0. The van der Waals surface area contributed by atoms with Gasteiger partial charge in [0.1, 0.15) is 0 Å². The summed E-state index contributed by atoms with van der Waals surface area (Å²) in [4.78, 5) is 9.66. The van der Waals surface area contributed by atoms with Crippen molar-refractivity contribution in [2.24, 2.45) is 5.10 Å². The molecule has 0 saturated heterocycles. The summed E-state index contributed by atoms with van der Waals surface area (Å²) in [6.45, 7) is 0. The van der Waals surface area contributed by atoms with Gasteiger partial charge in [-0.15, -0.1) is 0 Å². The summed E-state index contributed by atoms with van der Waals surface area (Å²) in [5.74, 6) is 0.227. The summed E-state index contributed by atoms with van der Waals surface area (Å²) in [5.41, 5.74) is 4.95. The number of amides is 1. The molecular weight excluding hydrogens is 323 g/mol. The molecule has 20 heavy (non-hydrogen) atoms. The van der Waals surface area contributed by atoms with Gasteiger partial charge in [0.15, 0.2) is 0 Å². The number of rotatable bonds is 3. The number of carbonyl (C=O) groups excluding carboxylic acids is 1. The average molecular weight is 336 g/mol. The second-order valence-corrected chi connectivity index (χ2v) is 3.62. The van der Waals surface area contributed by atoms with Gasteiger partial charge in [0, 0.05) is 12.3 Å². The van der Waals surface area contributed by atoms with Crippen LogP contribution < -0.4 is 0 Å². The van der Waals surface area contributed by atoms with Crippen LogP contribution >= 0.6 is 10.1 Å². The van der Waals surface area contributed by atoms with Crippen LogP contribution in [0.1, 0.15) is 11.1 Å². The molecular formula is C14H13ClCoN2O2+2. The van der Waals surface area contributed by atoms with Crippen molar-refractivity contribution in [2.45, 2.75) is 0 Å². The molecule has 4 nitrogen and oxygen atoms in total. The van der Waals surface area contributed by atoms with Crippen LogP contribution in [0.4, 0.5) is 0 Å². The van der Waals surface area contributed by atoms with Gasteiger partial charge < -0.3 is 15.6 Å². The number of para-hydroxylation sites is 1. The Morgan fingerprint density at radius 3 is 2.35 bits per heavy atom. The maximum Gasteiger partial charge on any atom is 0.275 e. The van der Waals surface area contributed by atoms with Crippen LogP contribution in [-0.4, -0.2) is 22.0 Å². The molecule has 0 unspecified atom stereocenters. The largest absolute Gasteiger partial charge is 0.593 e. The van der Waals surface area contributed by atoms with Gasteiger partial charge in [0.05, 0.1) is 11.1 Å². The topological polar surface area (TPSA) is 70.8 Å². The van der Waals surface area contributed by atoms with E-state index in [4.69, 9.17) is 5.11 Å². The molecule has 6 heteroatoms. The quantitative estimate of drug-likeness (QED) is 0.470. The van der Waals surface area contributed by atoms with Crippen molar-refractivity contribution < 1.29 is 24.7 Å². The summed E-state index contributed by atoms with van der Waals surface area (Å²) >= 11 is 3.03. The van der Waals surface area contributed by atoms with Gasteiger partial charge in [-0.2, -0.15) is 0 Å². The second-order valence-electron chi connectivity index (χ2n) is 3.62. The summed E-state index contributed by atoms with van der Waals surface area (Å²) in [6, 6.07) is 16.0. The van der Waals surface area contributed by atoms with Gasteiger partial charge in [0.2, 0.25) is 0 Å². The van der Waals surface area contributed by atoms with Crippen LogP contribution in [-0.2, 0) is 14.8 Å². The van der Waals surface area contributed by atoms with Crippen molar-refractivity contribution in [1.29, 1.82) is 0 Å². The van der Waals surface area contributed by atoms with E-state index in [2.05, 4.69) is 35.5 Å². The van der Waals surface area contributed by atoms with E-state index in [-0.39, 0.29) is 5.91 Å². The Bertz CT molecular complexity index is 576. The zero-order chi connectivity index (χ0) is 14.8. The van der Waals surface area contributed by atoms with Gasteiger partial charge in [0.25, 0.3) is 11.7 Å². The standard InChI is InChI=1S/C14H12N2O2.ClH.Co/c17-13-9-5-4-8-12(13)10-15-16-14(18)11-6-2-1-3-7-11;;/h1-10H,(H2,15,16,17,18);1H;/q;;+2. The van der Waals surface area contributed by atoms with Crippen LogP contribution in [0, 0.1) is 0 Å². The molecule has 0 heterocycles. The molecule has 0 bridgehead atoms. The number of hydrogen-bond acceptors (Lipinski definition) is 1. The predicted molar refractivity (Wildman–Crippen MR) is 78.8 cm³/mol. The summed E-state index contributed by atoms with van der Waals surface area (Å²) in [5, 5.41) is 11.4. The SMILES string of the molecule is [Cl][Co+].[OH+]=C([N-]N=Cc1ccccc1[OH2+])c1ccccc1. The third-order valence-corrected chi connectivity index (χ3v) is 2.34. The van der Waals surface area contributed by atoms with Gasteiger partial charge >= 0.3 is 25.0 Å². The molecule has 0 aliphatic heterocycles. The minimum Gasteiger partial charge on any atom is -0.593 e. The predicted octanol–water partition coefficient (Wildman–Crippen LogP) is 3.07. The number of benzene rings is 2. The van der Waals surface area contributed by atoms with Gasteiger partial charge in [-0.05, 0) is 18.2 Å². The third kappa shape index (κ3) is 5.04. The molecule has 0 spiro atoms. The smallest absolute Gasteiger partial charge is 0.275 e. The van der Waals surface area contributed by atoms with Gasteiger partial charge in [-0.3, -0.25) is 4.79 Å². The molecule has 1 amide bonds. The molecule has 105 valence electrons. The molecule has 0 atom stereocenters. The molecule has 2 aromatic carbocycles. The Labute approximate surface area is 129 Å². The first-order chi connectivity index (χ1) is 9.77. The molecule has 0 radical (unpaired) electrons. The van der Waals surface area contributed by atoms with Crippen LogP contribution in [0.3, 0.4) is 0 Å².